The topological polar surface area (TPSA) is 121 Å². The molecule has 0 atom stereocenters. The molecule has 0 amide bonds. The predicted molar refractivity (Wildman–Crippen MR) is 129 cm³/mol. The van der Waals surface area contributed by atoms with E-state index in [0.29, 0.717) is 11.1 Å². The zero-order valence-electron chi connectivity index (χ0n) is 18.3. The molecule has 0 unspecified atom stereocenters. The molecule has 0 aliphatic carbocycles. The zero-order valence-corrected chi connectivity index (χ0v) is 18.3. The molecule has 3 aromatic carbocycles. The monoisotopic (exact) mass is 458 g/mol. The van der Waals surface area contributed by atoms with Crippen LogP contribution >= 0.6 is 0 Å². The minimum Gasteiger partial charge on any atom is -0.507 e. The molecule has 0 aliphatic heterocycles. The van der Waals surface area contributed by atoms with Gasteiger partial charge in [-0.05, 0) is 46.5 Å². The molecule has 0 aromatic heterocycles. The van der Waals surface area contributed by atoms with Crippen LogP contribution < -0.4 is 4.74 Å². The van der Waals surface area contributed by atoms with Gasteiger partial charge in [-0.1, -0.05) is 67.6 Å². The van der Waals surface area contributed by atoms with E-state index in [1.807, 2.05) is 36.4 Å². The van der Waals surface area contributed by atoms with E-state index in [-0.39, 0.29) is 29.0 Å². The Hall–Kier alpha value is -4.65. The molecule has 3 rings (SSSR count). The molecule has 34 heavy (non-hydrogen) atoms. The minimum absolute atomic E-state index is 0.0109. The van der Waals surface area contributed by atoms with Crippen LogP contribution in [0.25, 0.3) is 24.3 Å². The van der Waals surface area contributed by atoms with Gasteiger partial charge < -0.3 is 20.1 Å². The lowest BCUT2D eigenvalue weighted by molar-refractivity contribution is -0.134. The van der Waals surface area contributed by atoms with Crippen molar-refractivity contribution >= 4 is 42.2 Å². The molecule has 7 nitrogen and oxygen atoms in total. The molecule has 3 aromatic rings. The second-order valence-corrected chi connectivity index (χ2v) is 7.30. The van der Waals surface area contributed by atoms with Crippen LogP contribution in [0.3, 0.4) is 0 Å². The number of carboxylic acid groups (broad SMARTS) is 2. The van der Waals surface area contributed by atoms with Gasteiger partial charge in [-0.2, -0.15) is 0 Å². The first-order chi connectivity index (χ1) is 16.3. The number of hydrogen-bond acceptors (Lipinski definition) is 5. The average Bonchev–Trinajstić information content (AvgIpc) is 2.83. The Bertz CT molecular complexity index is 1280. The van der Waals surface area contributed by atoms with Gasteiger partial charge in [-0.25, -0.2) is 9.59 Å². The number of carbonyl (C=O) groups excluding carboxylic acids is 1. The number of benzene rings is 3. The van der Waals surface area contributed by atoms with Crippen LogP contribution in [0, 0.1) is 0 Å². The Labute approximate surface area is 195 Å². The minimum atomic E-state index is -1.20. The number of carboxylic acids is 2. The molecule has 0 radical (unpaired) electrons. The van der Waals surface area contributed by atoms with Crippen LogP contribution in [0.15, 0.2) is 60.7 Å². The average molecular weight is 458 g/mol. The summed E-state index contributed by atoms with van der Waals surface area (Å²) in [6.45, 7) is 1.63. The maximum atomic E-state index is 11.5. The van der Waals surface area contributed by atoms with Crippen LogP contribution in [0.5, 0.6) is 11.5 Å². The zero-order chi connectivity index (χ0) is 24.7. The Kier molecular flexibility index (Phi) is 7.61. The summed E-state index contributed by atoms with van der Waals surface area (Å²) in [5.41, 5.74) is 2.79. The number of rotatable bonds is 8. The maximum absolute atomic E-state index is 11.5. The van der Waals surface area contributed by atoms with Crippen LogP contribution in [0.4, 0.5) is 0 Å². The van der Waals surface area contributed by atoms with Crippen molar-refractivity contribution in [1.29, 1.82) is 0 Å². The van der Waals surface area contributed by atoms with Crippen molar-refractivity contribution in [3.05, 3.63) is 94.0 Å². The number of hydrogen-bond donors (Lipinski definition) is 3. The summed E-state index contributed by atoms with van der Waals surface area (Å²) in [5, 5.41) is 28.1. The quantitative estimate of drug-likeness (QED) is 0.233. The van der Waals surface area contributed by atoms with E-state index in [0.717, 1.165) is 11.1 Å². The van der Waals surface area contributed by atoms with E-state index in [1.54, 1.807) is 31.2 Å². The SMILES string of the molecule is CCC(=O)Oc1ccc(/C=C/c2ccc(/C=C/c3ccc(O)c(C(=O)O)c3)cc2)cc1C(=O)O. The second kappa shape index (κ2) is 10.8. The first kappa shape index (κ1) is 24.0. The van der Waals surface area contributed by atoms with Crippen molar-refractivity contribution in [3.63, 3.8) is 0 Å². The highest BCUT2D eigenvalue weighted by Gasteiger charge is 2.14. The van der Waals surface area contributed by atoms with Gasteiger partial charge in [-0.15, -0.1) is 0 Å². The molecular weight excluding hydrogens is 436 g/mol. The van der Waals surface area contributed by atoms with Gasteiger partial charge in [0, 0.05) is 6.42 Å². The molecule has 0 heterocycles. The standard InChI is InChI=1S/C27H22O7/c1-2-25(29)34-24-14-12-20(16-22(24)27(32)33)10-8-18-5-3-17(4-6-18)7-9-19-11-13-23(28)21(15-19)26(30)31/h3-16,28H,2H2,1H3,(H,30,31)(H,32,33)/b9-7+,10-8+. The maximum Gasteiger partial charge on any atom is 0.339 e. The van der Waals surface area contributed by atoms with Crippen LogP contribution in [0.2, 0.25) is 0 Å². The highest BCUT2D eigenvalue weighted by atomic mass is 16.5. The summed E-state index contributed by atoms with van der Waals surface area (Å²) in [7, 11) is 0. The van der Waals surface area contributed by atoms with Crippen LogP contribution in [-0.4, -0.2) is 33.2 Å². The summed E-state index contributed by atoms with van der Waals surface area (Å²) in [6, 6.07) is 16.4. The lowest BCUT2D eigenvalue weighted by atomic mass is 10.1. The summed E-state index contributed by atoms with van der Waals surface area (Å²) in [6.07, 6.45) is 7.29. The van der Waals surface area contributed by atoms with Crippen molar-refractivity contribution in [2.24, 2.45) is 0 Å². The lowest BCUT2D eigenvalue weighted by Gasteiger charge is -2.07. The van der Waals surface area contributed by atoms with Crippen LogP contribution in [-0.2, 0) is 4.79 Å². The first-order valence-corrected chi connectivity index (χ1v) is 10.4. The van der Waals surface area contributed by atoms with E-state index < -0.39 is 17.9 Å². The highest BCUT2D eigenvalue weighted by molar-refractivity contribution is 5.93. The van der Waals surface area contributed by atoms with Crippen molar-refractivity contribution in [2.45, 2.75) is 13.3 Å². The number of carbonyl (C=O) groups is 3. The molecule has 172 valence electrons. The van der Waals surface area contributed by atoms with Crippen molar-refractivity contribution in [2.75, 3.05) is 0 Å². The molecule has 0 saturated heterocycles. The third kappa shape index (κ3) is 6.20. The Balaban J connectivity index is 1.72. The summed E-state index contributed by atoms with van der Waals surface area (Å²) >= 11 is 0. The number of esters is 1. The molecule has 3 N–H and O–H groups in total. The predicted octanol–water partition coefficient (Wildman–Crippen LogP) is 5.44. The van der Waals surface area contributed by atoms with Gasteiger partial charge in [0.25, 0.3) is 0 Å². The Morgan fingerprint density at radius 1 is 0.706 bits per heavy atom. The smallest absolute Gasteiger partial charge is 0.339 e. The van der Waals surface area contributed by atoms with Gasteiger partial charge in [-0.3, -0.25) is 4.79 Å². The number of aromatic carboxylic acids is 2. The van der Waals surface area contributed by atoms with Gasteiger partial charge in [0.1, 0.15) is 22.6 Å². The fourth-order valence-corrected chi connectivity index (χ4v) is 3.03. The third-order valence-electron chi connectivity index (χ3n) is 4.87. The second-order valence-electron chi connectivity index (χ2n) is 7.30. The van der Waals surface area contributed by atoms with Crippen molar-refractivity contribution in [3.8, 4) is 11.5 Å². The van der Waals surface area contributed by atoms with Crippen LogP contribution in [0.1, 0.15) is 56.3 Å². The molecular formula is C27H22O7. The molecule has 0 fully saturated rings. The van der Waals surface area contributed by atoms with E-state index in [9.17, 15) is 24.6 Å². The fourth-order valence-electron chi connectivity index (χ4n) is 3.03. The molecule has 7 heteroatoms. The Morgan fingerprint density at radius 2 is 1.15 bits per heavy atom. The third-order valence-corrected chi connectivity index (χ3v) is 4.87. The van der Waals surface area contributed by atoms with E-state index >= 15 is 0 Å². The summed E-state index contributed by atoms with van der Waals surface area (Å²) in [4.78, 5) is 34.2. The van der Waals surface area contributed by atoms with Gasteiger partial charge in [0.15, 0.2) is 0 Å². The number of ether oxygens (including phenoxy) is 1. The fraction of sp³-hybridized carbons (Fsp3) is 0.0741. The van der Waals surface area contributed by atoms with Gasteiger partial charge in [0.2, 0.25) is 0 Å². The van der Waals surface area contributed by atoms with E-state index in [1.165, 1.54) is 24.3 Å². The summed E-state index contributed by atoms with van der Waals surface area (Å²) < 4.78 is 5.07. The van der Waals surface area contributed by atoms with Gasteiger partial charge >= 0.3 is 17.9 Å². The van der Waals surface area contributed by atoms with Crippen molar-refractivity contribution < 1.29 is 34.4 Å². The molecule has 0 aliphatic rings. The van der Waals surface area contributed by atoms with Gasteiger partial charge in [0.05, 0.1) is 0 Å². The molecule has 0 saturated carbocycles. The largest absolute Gasteiger partial charge is 0.507 e. The van der Waals surface area contributed by atoms with E-state index in [4.69, 9.17) is 9.84 Å². The lowest BCUT2D eigenvalue weighted by Crippen LogP contribution is -2.09. The first-order valence-electron chi connectivity index (χ1n) is 10.4. The molecule has 0 spiro atoms. The Morgan fingerprint density at radius 3 is 1.65 bits per heavy atom. The molecule has 0 bridgehead atoms. The summed E-state index contributed by atoms with van der Waals surface area (Å²) in [5.74, 6) is -3.16. The number of aromatic hydroxyl groups is 1. The van der Waals surface area contributed by atoms with Crippen molar-refractivity contribution in [1.82, 2.24) is 0 Å². The highest BCUT2D eigenvalue weighted by Crippen LogP contribution is 2.23. The normalized spacial score (nSPS) is 11.1. The number of phenols is 1. The van der Waals surface area contributed by atoms with E-state index in [2.05, 4.69) is 0 Å².